The summed E-state index contributed by atoms with van der Waals surface area (Å²) in [7, 11) is 0. The average molecular weight is 339 g/mol. The first kappa shape index (κ1) is 15.0. The van der Waals surface area contributed by atoms with Gasteiger partial charge in [-0.3, -0.25) is 0 Å². The molecule has 2 aromatic rings. The molecule has 0 saturated heterocycles. The van der Waals surface area contributed by atoms with E-state index in [1.54, 1.807) is 12.1 Å². The number of para-hydroxylation sites is 1. The Balaban J connectivity index is 2.32. The highest BCUT2D eigenvalue weighted by Gasteiger charge is 2.16. The fourth-order valence-electron chi connectivity index (χ4n) is 1.91. The minimum atomic E-state index is -0.847. The number of aliphatic hydroxyl groups is 1. The first-order valence-corrected chi connectivity index (χ1v) is 7.27. The van der Waals surface area contributed by atoms with Gasteiger partial charge in [-0.15, -0.1) is 0 Å². The molecule has 0 aliphatic heterocycles. The summed E-state index contributed by atoms with van der Waals surface area (Å²) in [5, 5.41) is 10.5. The standard InChI is InChI=1S/C16H16BrFO2/c1-2-9-20-15-6-4-3-5-12(15)16(19)11-7-8-14(18)13(17)10-11/h3-8,10,16,19H,2,9H2,1H3. The van der Waals surface area contributed by atoms with Crippen molar-refractivity contribution in [2.45, 2.75) is 19.4 Å². The fraction of sp³-hybridized carbons (Fsp3) is 0.250. The lowest BCUT2D eigenvalue weighted by Gasteiger charge is -2.16. The molecule has 0 heterocycles. The van der Waals surface area contributed by atoms with Gasteiger partial charge in [-0.2, -0.15) is 0 Å². The van der Waals surface area contributed by atoms with Crippen molar-refractivity contribution in [1.82, 2.24) is 0 Å². The van der Waals surface area contributed by atoms with Gasteiger partial charge in [0.2, 0.25) is 0 Å². The molecule has 1 unspecified atom stereocenters. The van der Waals surface area contributed by atoms with Crippen LogP contribution in [0.15, 0.2) is 46.9 Å². The summed E-state index contributed by atoms with van der Waals surface area (Å²) in [6, 6.07) is 11.8. The number of benzene rings is 2. The Morgan fingerprint density at radius 3 is 2.70 bits per heavy atom. The first-order chi connectivity index (χ1) is 9.63. The van der Waals surface area contributed by atoms with Crippen LogP contribution < -0.4 is 4.74 Å². The van der Waals surface area contributed by atoms with Gasteiger partial charge in [-0.05, 0) is 46.1 Å². The molecule has 20 heavy (non-hydrogen) atoms. The Bertz CT molecular complexity index is 586. The third kappa shape index (κ3) is 3.38. The molecular weight excluding hydrogens is 323 g/mol. The zero-order valence-electron chi connectivity index (χ0n) is 11.1. The maximum absolute atomic E-state index is 13.3. The van der Waals surface area contributed by atoms with Crippen LogP contribution in [0, 0.1) is 5.82 Å². The smallest absolute Gasteiger partial charge is 0.137 e. The van der Waals surface area contributed by atoms with Crippen molar-refractivity contribution >= 4 is 15.9 Å². The number of hydrogen-bond acceptors (Lipinski definition) is 2. The Hall–Kier alpha value is -1.39. The number of rotatable bonds is 5. The van der Waals surface area contributed by atoms with Crippen molar-refractivity contribution < 1.29 is 14.2 Å². The quantitative estimate of drug-likeness (QED) is 0.872. The normalized spacial score (nSPS) is 12.2. The summed E-state index contributed by atoms with van der Waals surface area (Å²) in [4.78, 5) is 0. The van der Waals surface area contributed by atoms with Crippen LogP contribution >= 0.6 is 15.9 Å². The zero-order valence-corrected chi connectivity index (χ0v) is 12.7. The van der Waals surface area contributed by atoms with Gasteiger partial charge in [-0.25, -0.2) is 4.39 Å². The summed E-state index contributed by atoms with van der Waals surface area (Å²) in [5.41, 5.74) is 1.30. The van der Waals surface area contributed by atoms with Gasteiger partial charge in [-0.1, -0.05) is 31.2 Å². The molecule has 0 radical (unpaired) electrons. The molecule has 4 heteroatoms. The highest BCUT2D eigenvalue weighted by molar-refractivity contribution is 9.10. The summed E-state index contributed by atoms with van der Waals surface area (Å²) >= 11 is 3.13. The van der Waals surface area contributed by atoms with Crippen LogP contribution in [0.5, 0.6) is 5.75 Å². The van der Waals surface area contributed by atoms with Crippen LogP contribution in [0.1, 0.15) is 30.6 Å². The lowest BCUT2D eigenvalue weighted by atomic mass is 10.0. The minimum absolute atomic E-state index is 0.334. The molecule has 0 saturated carbocycles. The van der Waals surface area contributed by atoms with Gasteiger partial charge in [0.05, 0.1) is 11.1 Å². The lowest BCUT2D eigenvalue weighted by Crippen LogP contribution is -2.05. The molecule has 0 fully saturated rings. The van der Waals surface area contributed by atoms with Gasteiger partial charge in [0.15, 0.2) is 0 Å². The molecular formula is C16H16BrFO2. The van der Waals surface area contributed by atoms with Gasteiger partial charge < -0.3 is 9.84 Å². The van der Waals surface area contributed by atoms with Crippen LogP contribution in [0.3, 0.4) is 0 Å². The van der Waals surface area contributed by atoms with Gasteiger partial charge in [0.25, 0.3) is 0 Å². The van der Waals surface area contributed by atoms with Crippen LogP contribution in [0.2, 0.25) is 0 Å². The third-order valence-electron chi connectivity index (χ3n) is 2.93. The van der Waals surface area contributed by atoms with Crippen LogP contribution in [-0.4, -0.2) is 11.7 Å². The molecule has 0 amide bonds. The molecule has 2 aromatic carbocycles. The van der Waals surface area contributed by atoms with E-state index in [0.29, 0.717) is 28.0 Å². The Labute approximate surface area is 126 Å². The van der Waals surface area contributed by atoms with E-state index in [2.05, 4.69) is 15.9 Å². The highest BCUT2D eigenvalue weighted by atomic mass is 79.9. The molecule has 2 rings (SSSR count). The second-order valence-corrected chi connectivity index (χ2v) is 5.32. The molecule has 0 aromatic heterocycles. The predicted molar refractivity (Wildman–Crippen MR) is 80.4 cm³/mol. The summed E-state index contributed by atoms with van der Waals surface area (Å²) in [6.45, 7) is 2.62. The van der Waals surface area contributed by atoms with Crippen molar-refractivity contribution in [2.24, 2.45) is 0 Å². The van der Waals surface area contributed by atoms with Crippen LogP contribution in [0.4, 0.5) is 4.39 Å². The van der Waals surface area contributed by atoms with Crippen molar-refractivity contribution in [3.8, 4) is 5.75 Å². The highest BCUT2D eigenvalue weighted by Crippen LogP contribution is 2.31. The van der Waals surface area contributed by atoms with Crippen molar-refractivity contribution in [1.29, 1.82) is 0 Å². The molecule has 0 aliphatic rings. The molecule has 2 nitrogen and oxygen atoms in total. The Kier molecular flexibility index (Phi) is 5.15. The van der Waals surface area contributed by atoms with E-state index in [4.69, 9.17) is 4.74 Å². The molecule has 1 atom stereocenters. The van der Waals surface area contributed by atoms with E-state index in [0.717, 1.165) is 6.42 Å². The predicted octanol–water partition coefficient (Wildman–Crippen LogP) is 4.46. The average Bonchev–Trinajstić information content (AvgIpc) is 2.47. The Morgan fingerprint density at radius 2 is 2.00 bits per heavy atom. The van der Waals surface area contributed by atoms with E-state index in [1.807, 2.05) is 31.2 Å². The summed E-state index contributed by atoms with van der Waals surface area (Å²) in [5.74, 6) is 0.304. The zero-order chi connectivity index (χ0) is 14.5. The second-order valence-electron chi connectivity index (χ2n) is 4.46. The van der Waals surface area contributed by atoms with Gasteiger partial charge in [0.1, 0.15) is 17.7 Å². The molecule has 106 valence electrons. The fourth-order valence-corrected chi connectivity index (χ4v) is 2.31. The third-order valence-corrected chi connectivity index (χ3v) is 3.54. The number of hydrogen-bond donors (Lipinski definition) is 1. The Morgan fingerprint density at radius 1 is 1.25 bits per heavy atom. The monoisotopic (exact) mass is 338 g/mol. The first-order valence-electron chi connectivity index (χ1n) is 6.48. The van der Waals surface area contributed by atoms with Gasteiger partial charge in [0, 0.05) is 5.56 Å². The van der Waals surface area contributed by atoms with E-state index in [9.17, 15) is 9.50 Å². The van der Waals surface area contributed by atoms with Crippen molar-refractivity contribution in [2.75, 3.05) is 6.61 Å². The molecule has 1 N–H and O–H groups in total. The second kappa shape index (κ2) is 6.86. The van der Waals surface area contributed by atoms with E-state index < -0.39 is 6.10 Å². The van der Waals surface area contributed by atoms with Crippen LogP contribution in [-0.2, 0) is 0 Å². The molecule has 0 aliphatic carbocycles. The van der Waals surface area contributed by atoms with E-state index in [-0.39, 0.29) is 5.82 Å². The summed E-state index contributed by atoms with van der Waals surface area (Å²) in [6.07, 6.45) is 0.0481. The summed E-state index contributed by atoms with van der Waals surface area (Å²) < 4.78 is 19.2. The largest absolute Gasteiger partial charge is 0.493 e. The number of halogens is 2. The maximum Gasteiger partial charge on any atom is 0.137 e. The lowest BCUT2D eigenvalue weighted by molar-refractivity contribution is 0.210. The van der Waals surface area contributed by atoms with Crippen molar-refractivity contribution in [3.05, 3.63) is 63.9 Å². The minimum Gasteiger partial charge on any atom is -0.493 e. The molecule has 0 spiro atoms. The molecule has 0 bridgehead atoms. The van der Waals surface area contributed by atoms with Crippen molar-refractivity contribution in [3.63, 3.8) is 0 Å². The SMILES string of the molecule is CCCOc1ccccc1C(O)c1ccc(F)c(Br)c1. The number of aliphatic hydroxyl groups excluding tert-OH is 1. The topological polar surface area (TPSA) is 29.5 Å². The van der Waals surface area contributed by atoms with Gasteiger partial charge >= 0.3 is 0 Å². The van der Waals surface area contributed by atoms with E-state index in [1.165, 1.54) is 6.07 Å². The van der Waals surface area contributed by atoms with Crippen LogP contribution in [0.25, 0.3) is 0 Å². The maximum atomic E-state index is 13.3. The van der Waals surface area contributed by atoms with E-state index >= 15 is 0 Å². The number of ether oxygens (including phenoxy) is 1.